The predicted octanol–water partition coefficient (Wildman–Crippen LogP) is 2.87. The van der Waals surface area contributed by atoms with Crippen molar-refractivity contribution in [2.75, 3.05) is 6.54 Å². The smallest absolute Gasteiger partial charge is 0.304 e. The summed E-state index contributed by atoms with van der Waals surface area (Å²) in [5.41, 5.74) is 0.243. The van der Waals surface area contributed by atoms with Gasteiger partial charge in [0.1, 0.15) is 0 Å². The Morgan fingerprint density at radius 1 is 1.53 bits per heavy atom. The summed E-state index contributed by atoms with van der Waals surface area (Å²) in [5, 5.41) is 13.6. The lowest BCUT2D eigenvalue weighted by atomic mass is 10.1. The third-order valence-electron chi connectivity index (χ3n) is 2.73. The van der Waals surface area contributed by atoms with Gasteiger partial charge in [-0.2, -0.15) is 4.39 Å². The molecule has 0 saturated heterocycles. The summed E-state index contributed by atoms with van der Waals surface area (Å²) in [6.07, 6.45) is 1.08. The number of nitro benzene ring substituents is 1. The molecule has 1 unspecified atom stereocenters. The van der Waals surface area contributed by atoms with Crippen LogP contribution in [0.4, 0.5) is 10.1 Å². The highest BCUT2D eigenvalue weighted by molar-refractivity contribution is 5.34. The number of nitro groups is 1. The monoisotopic (exact) mass is 240 g/mol. The largest absolute Gasteiger partial charge is 0.312 e. The topological polar surface area (TPSA) is 55.2 Å². The molecule has 5 heteroatoms. The van der Waals surface area contributed by atoms with Crippen molar-refractivity contribution in [3.63, 3.8) is 0 Å². The molecule has 17 heavy (non-hydrogen) atoms. The maximum absolute atomic E-state index is 13.3. The number of hydrogen-bond donors (Lipinski definition) is 1. The van der Waals surface area contributed by atoms with Gasteiger partial charge in [0, 0.05) is 12.6 Å². The van der Waals surface area contributed by atoms with Crippen LogP contribution in [0.2, 0.25) is 0 Å². The van der Waals surface area contributed by atoms with E-state index in [0.717, 1.165) is 18.5 Å². The second-order valence-corrected chi connectivity index (χ2v) is 4.19. The van der Waals surface area contributed by atoms with Crippen molar-refractivity contribution in [1.29, 1.82) is 0 Å². The molecule has 1 aromatic carbocycles. The van der Waals surface area contributed by atoms with E-state index < -0.39 is 16.4 Å². The maximum atomic E-state index is 13.3. The maximum Gasteiger partial charge on any atom is 0.304 e. The fourth-order valence-electron chi connectivity index (χ4n) is 1.42. The molecule has 0 aliphatic rings. The first kappa shape index (κ1) is 13.6. The van der Waals surface area contributed by atoms with Crippen LogP contribution in [0.25, 0.3) is 0 Å². The van der Waals surface area contributed by atoms with Crippen molar-refractivity contribution in [2.24, 2.45) is 5.92 Å². The van der Waals surface area contributed by atoms with Crippen LogP contribution in [0.15, 0.2) is 18.2 Å². The van der Waals surface area contributed by atoms with E-state index in [2.05, 4.69) is 19.2 Å². The van der Waals surface area contributed by atoms with Gasteiger partial charge in [-0.15, -0.1) is 0 Å². The van der Waals surface area contributed by atoms with Crippen LogP contribution >= 0.6 is 0 Å². The van der Waals surface area contributed by atoms with Crippen molar-refractivity contribution in [3.8, 4) is 0 Å². The van der Waals surface area contributed by atoms with Crippen LogP contribution < -0.4 is 5.32 Å². The van der Waals surface area contributed by atoms with Crippen LogP contribution in [0, 0.1) is 21.8 Å². The number of rotatable bonds is 6. The minimum Gasteiger partial charge on any atom is -0.312 e. The Bertz CT molecular complexity index is 396. The van der Waals surface area contributed by atoms with Crippen molar-refractivity contribution in [2.45, 2.75) is 26.8 Å². The Morgan fingerprint density at radius 2 is 2.24 bits per heavy atom. The lowest BCUT2D eigenvalue weighted by Gasteiger charge is -2.09. The van der Waals surface area contributed by atoms with Gasteiger partial charge in [-0.1, -0.05) is 26.3 Å². The average molecular weight is 240 g/mol. The number of benzene rings is 1. The fraction of sp³-hybridized carbons (Fsp3) is 0.500. The standard InChI is InChI=1S/C12H17FN2O2/c1-3-9(2)7-14-8-10-4-5-12(15(16)17)11(13)6-10/h4-6,9,14H,3,7-8H2,1-2H3. The summed E-state index contributed by atoms with van der Waals surface area (Å²) < 4.78 is 13.3. The van der Waals surface area contributed by atoms with E-state index in [1.54, 1.807) is 6.07 Å². The summed E-state index contributed by atoms with van der Waals surface area (Å²) in [5.74, 6) is -0.212. The lowest BCUT2D eigenvalue weighted by Crippen LogP contribution is -2.20. The normalized spacial score (nSPS) is 12.4. The van der Waals surface area contributed by atoms with Crippen molar-refractivity contribution in [1.82, 2.24) is 5.32 Å². The Hall–Kier alpha value is -1.49. The highest BCUT2D eigenvalue weighted by Gasteiger charge is 2.13. The summed E-state index contributed by atoms with van der Waals surface area (Å²) >= 11 is 0. The number of halogens is 1. The fourth-order valence-corrected chi connectivity index (χ4v) is 1.42. The Balaban J connectivity index is 2.56. The van der Waals surface area contributed by atoms with E-state index >= 15 is 0 Å². The second kappa shape index (κ2) is 6.30. The summed E-state index contributed by atoms with van der Waals surface area (Å²) in [6.45, 7) is 5.62. The second-order valence-electron chi connectivity index (χ2n) is 4.19. The first-order chi connectivity index (χ1) is 8.04. The van der Waals surface area contributed by atoms with Crippen molar-refractivity contribution < 1.29 is 9.31 Å². The third kappa shape index (κ3) is 4.11. The van der Waals surface area contributed by atoms with Crippen LogP contribution in [-0.2, 0) is 6.54 Å². The minimum absolute atomic E-state index is 0.476. The van der Waals surface area contributed by atoms with Gasteiger partial charge in [0.15, 0.2) is 0 Å². The molecule has 0 aromatic heterocycles. The zero-order valence-corrected chi connectivity index (χ0v) is 10.1. The first-order valence-electron chi connectivity index (χ1n) is 5.68. The molecule has 0 spiro atoms. The Kier molecular flexibility index (Phi) is 5.03. The summed E-state index contributed by atoms with van der Waals surface area (Å²) in [7, 11) is 0. The van der Waals surface area contributed by atoms with Gasteiger partial charge in [-0.05, 0) is 24.1 Å². The molecule has 0 aliphatic heterocycles. The molecule has 1 aromatic rings. The van der Waals surface area contributed by atoms with E-state index in [4.69, 9.17) is 0 Å². The van der Waals surface area contributed by atoms with E-state index in [1.807, 2.05) is 0 Å². The molecule has 0 heterocycles. The molecule has 94 valence electrons. The number of nitrogens with one attached hydrogen (secondary N) is 1. The number of hydrogen-bond acceptors (Lipinski definition) is 3. The molecule has 0 aliphatic carbocycles. The van der Waals surface area contributed by atoms with E-state index in [9.17, 15) is 14.5 Å². The molecule has 4 nitrogen and oxygen atoms in total. The van der Waals surface area contributed by atoms with Gasteiger partial charge in [0.2, 0.25) is 5.82 Å². The first-order valence-corrected chi connectivity index (χ1v) is 5.68. The third-order valence-corrected chi connectivity index (χ3v) is 2.73. The highest BCUT2D eigenvalue weighted by Crippen LogP contribution is 2.17. The number of nitrogens with zero attached hydrogens (tertiary/aromatic N) is 1. The highest BCUT2D eigenvalue weighted by atomic mass is 19.1. The zero-order chi connectivity index (χ0) is 12.8. The van der Waals surface area contributed by atoms with Crippen LogP contribution in [-0.4, -0.2) is 11.5 Å². The summed E-state index contributed by atoms with van der Waals surface area (Å²) in [4.78, 5) is 9.71. The van der Waals surface area contributed by atoms with Crippen LogP contribution in [0.5, 0.6) is 0 Å². The quantitative estimate of drug-likeness (QED) is 0.614. The molecule has 0 radical (unpaired) electrons. The Morgan fingerprint density at radius 3 is 2.76 bits per heavy atom. The van der Waals surface area contributed by atoms with Gasteiger partial charge < -0.3 is 5.32 Å². The molecule has 0 bridgehead atoms. The average Bonchev–Trinajstić information content (AvgIpc) is 2.28. The Labute approximate surface area is 100.0 Å². The molecular weight excluding hydrogens is 223 g/mol. The van der Waals surface area contributed by atoms with E-state index in [0.29, 0.717) is 12.5 Å². The van der Waals surface area contributed by atoms with Gasteiger partial charge in [0.05, 0.1) is 4.92 Å². The molecule has 0 amide bonds. The predicted molar refractivity (Wildman–Crippen MR) is 64.2 cm³/mol. The van der Waals surface area contributed by atoms with E-state index in [-0.39, 0.29) is 0 Å². The zero-order valence-electron chi connectivity index (χ0n) is 10.1. The molecule has 0 fully saturated rings. The van der Waals surface area contributed by atoms with Gasteiger partial charge >= 0.3 is 5.69 Å². The SMILES string of the molecule is CCC(C)CNCc1ccc([N+](=O)[O-])c(F)c1. The van der Waals surface area contributed by atoms with Crippen molar-refractivity contribution in [3.05, 3.63) is 39.7 Å². The molecule has 1 atom stereocenters. The van der Waals surface area contributed by atoms with Gasteiger partial charge in [0.25, 0.3) is 0 Å². The summed E-state index contributed by atoms with van der Waals surface area (Å²) in [6, 6.07) is 3.99. The van der Waals surface area contributed by atoms with E-state index in [1.165, 1.54) is 12.1 Å². The molecule has 1 N–H and O–H groups in total. The molecular formula is C12H17FN2O2. The lowest BCUT2D eigenvalue weighted by molar-refractivity contribution is -0.387. The van der Waals surface area contributed by atoms with Gasteiger partial charge in [-0.25, -0.2) is 0 Å². The van der Waals surface area contributed by atoms with Crippen LogP contribution in [0.1, 0.15) is 25.8 Å². The minimum atomic E-state index is -0.780. The molecule has 1 rings (SSSR count). The molecule has 0 saturated carbocycles. The van der Waals surface area contributed by atoms with Gasteiger partial charge in [-0.3, -0.25) is 10.1 Å². The van der Waals surface area contributed by atoms with Crippen molar-refractivity contribution >= 4 is 5.69 Å². The van der Waals surface area contributed by atoms with Crippen LogP contribution in [0.3, 0.4) is 0 Å².